The van der Waals surface area contributed by atoms with Crippen molar-refractivity contribution in [2.24, 2.45) is 5.73 Å². The Labute approximate surface area is 162 Å². The first-order valence-corrected chi connectivity index (χ1v) is 9.28. The fourth-order valence-corrected chi connectivity index (χ4v) is 3.23. The smallest absolute Gasteiger partial charge is 0.305 e. The third kappa shape index (κ3) is 5.66. The Bertz CT molecular complexity index is 761. The maximum atomic E-state index is 14.4. The summed E-state index contributed by atoms with van der Waals surface area (Å²) in [5.74, 6) is -3.22. The summed E-state index contributed by atoms with van der Waals surface area (Å²) < 4.78 is 14.4. The largest absolute Gasteiger partial charge is 0.481 e. The van der Waals surface area contributed by atoms with Gasteiger partial charge in [-0.3, -0.25) is 14.4 Å². The van der Waals surface area contributed by atoms with Crippen LogP contribution in [0.4, 0.5) is 15.8 Å². The lowest BCUT2D eigenvalue weighted by molar-refractivity contribution is -0.140. The highest BCUT2D eigenvalue weighted by atomic mass is 19.1. The lowest BCUT2D eigenvalue weighted by Gasteiger charge is -2.24. The number of nitrogen functional groups attached to an aromatic ring is 1. The number of nitrogens with two attached hydrogens (primary N) is 2. The second-order valence-electron chi connectivity index (χ2n) is 7.49. The van der Waals surface area contributed by atoms with Crippen molar-refractivity contribution < 1.29 is 23.9 Å². The summed E-state index contributed by atoms with van der Waals surface area (Å²) in [6, 6.07) is 2.58. The summed E-state index contributed by atoms with van der Waals surface area (Å²) >= 11 is 0. The van der Waals surface area contributed by atoms with Crippen LogP contribution >= 0.6 is 0 Å². The maximum absolute atomic E-state index is 14.4. The van der Waals surface area contributed by atoms with Crippen molar-refractivity contribution in [1.29, 1.82) is 0 Å². The Morgan fingerprint density at radius 3 is 2.50 bits per heavy atom. The zero-order valence-corrected chi connectivity index (χ0v) is 15.9. The van der Waals surface area contributed by atoms with Gasteiger partial charge < -0.3 is 27.2 Å². The number of carbonyl (C=O) groups excluding carboxylic acids is 2. The lowest BCUT2D eigenvalue weighted by Crippen LogP contribution is -2.51. The quantitative estimate of drug-likeness (QED) is 0.421. The number of aliphatic carboxylic acids is 1. The van der Waals surface area contributed by atoms with E-state index in [-0.39, 0.29) is 23.0 Å². The number of hydrogen-bond acceptors (Lipinski definition) is 6. The summed E-state index contributed by atoms with van der Waals surface area (Å²) in [5, 5.41) is 14.2. The highest BCUT2D eigenvalue weighted by Gasteiger charge is 2.31. The molecular weight excluding hydrogens is 367 g/mol. The molecule has 28 heavy (non-hydrogen) atoms. The van der Waals surface area contributed by atoms with Gasteiger partial charge in [-0.25, -0.2) is 4.39 Å². The SMILES string of the molecule is CC(N)(CC(=O)O)C(=O)CNC(=O)c1cc(F)c(NC2CCCCC2)cc1N. The standard InChI is InChI=1S/C19H27FN4O4/c1-19(22,9-17(26)27)16(25)10-23-18(28)12-7-13(20)15(8-14(12)21)24-11-5-3-2-4-6-11/h7-8,11,24H,2-6,9-10,21-22H2,1H3,(H,23,28)(H,26,27). The molecule has 1 fully saturated rings. The summed E-state index contributed by atoms with van der Waals surface area (Å²) in [4.78, 5) is 35.1. The van der Waals surface area contributed by atoms with Crippen molar-refractivity contribution in [3.05, 3.63) is 23.5 Å². The van der Waals surface area contributed by atoms with E-state index in [1.165, 1.54) is 19.4 Å². The molecule has 0 spiro atoms. The number of Topliss-reactive ketones (excluding diaryl/α,β-unsaturated/α-hetero) is 1. The molecule has 154 valence electrons. The van der Waals surface area contributed by atoms with Crippen molar-refractivity contribution >= 4 is 29.0 Å². The molecule has 1 aromatic carbocycles. The lowest BCUT2D eigenvalue weighted by atomic mass is 9.93. The van der Waals surface area contributed by atoms with Crippen molar-refractivity contribution in [3.8, 4) is 0 Å². The first kappa shape index (κ1) is 21.6. The third-order valence-electron chi connectivity index (χ3n) is 4.91. The van der Waals surface area contributed by atoms with Crippen LogP contribution in [-0.4, -0.2) is 40.9 Å². The first-order valence-electron chi connectivity index (χ1n) is 9.28. The highest BCUT2D eigenvalue weighted by Crippen LogP contribution is 2.26. The third-order valence-corrected chi connectivity index (χ3v) is 4.91. The van der Waals surface area contributed by atoms with Gasteiger partial charge in [-0.2, -0.15) is 0 Å². The summed E-state index contributed by atoms with van der Waals surface area (Å²) in [7, 11) is 0. The minimum Gasteiger partial charge on any atom is -0.481 e. The summed E-state index contributed by atoms with van der Waals surface area (Å²) in [6.07, 6.45) is 4.70. The van der Waals surface area contributed by atoms with E-state index in [4.69, 9.17) is 16.6 Å². The van der Waals surface area contributed by atoms with Crippen LogP contribution < -0.4 is 22.1 Å². The number of halogens is 1. The number of hydrogen-bond donors (Lipinski definition) is 5. The Kier molecular flexibility index (Phi) is 6.95. The molecule has 0 heterocycles. The second kappa shape index (κ2) is 9.01. The Hall–Kier alpha value is -2.68. The average molecular weight is 394 g/mol. The van der Waals surface area contributed by atoms with Crippen LogP contribution in [0.3, 0.4) is 0 Å². The van der Waals surface area contributed by atoms with E-state index < -0.39 is 42.0 Å². The number of rotatable bonds is 8. The molecule has 1 atom stereocenters. The van der Waals surface area contributed by atoms with Gasteiger partial charge >= 0.3 is 5.97 Å². The summed E-state index contributed by atoms with van der Waals surface area (Å²) in [6.45, 7) is 0.789. The zero-order valence-electron chi connectivity index (χ0n) is 15.9. The number of amides is 1. The monoisotopic (exact) mass is 394 g/mol. The van der Waals surface area contributed by atoms with Gasteiger partial charge in [-0.05, 0) is 31.9 Å². The number of benzene rings is 1. The van der Waals surface area contributed by atoms with Gasteiger partial charge in [0.15, 0.2) is 5.78 Å². The molecule has 2 rings (SSSR count). The average Bonchev–Trinajstić information content (AvgIpc) is 2.62. The number of nitrogens with one attached hydrogen (secondary N) is 2. The molecule has 1 aromatic rings. The van der Waals surface area contributed by atoms with Crippen LogP contribution in [0, 0.1) is 5.82 Å². The highest BCUT2D eigenvalue weighted by molar-refractivity contribution is 6.02. The molecule has 9 heteroatoms. The predicted octanol–water partition coefficient (Wildman–Crippen LogP) is 1.64. The van der Waals surface area contributed by atoms with Gasteiger partial charge in [0.05, 0.1) is 29.8 Å². The maximum Gasteiger partial charge on any atom is 0.305 e. The molecule has 0 aromatic heterocycles. The zero-order chi connectivity index (χ0) is 20.9. The minimum absolute atomic E-state index is 0.0747. The van der Waals surface area contributed by atoms with Gasteiger partial charge in [-0.1, -0.05) is 19.3 Å². The van der Waals surface area contributed by atoms with Crippen molar-refractivity contribution in [2.75, 3.05) is 17.6 Å². The molecule has 1 saturated carbocycles. The number of carboxylic acid groups (broad SMARTS) is 1. The predicted molar refractivity (Wildman–Crippen MR) is 103 cm³/mol. The molecule has 1 aliphatic rings. The fraction of sp³-hybridized carbons (Fsp3) is 0.526. The normalized spacial score (nSPS) is 16.8. The number of ketones is 1. The van der Waals surface area contributed by atoms with E-state index >= 15 is 0 Å². The second-order valence-corrected chi connectivity index (χ2v) is 7.49. The molecule has 1 aliphatic carbocycles. The molecule has 0 bridgehead atoms. The molecule has 8 nitrogen and oxygen atoms in total. The van der Waals surface area contributed by atoms with E-state index in [2.05, 4.69) is 10.6 Å². The first-order chi connectivity index (χ1) is 13.1. The molecule has 0 radical (unpaired) electrons. The fourth-order valence-electron chi connectivity index (χ4n) is 3.23. The Balaban J connectivity index is 2.02. The molecule has 1 unspecified atom stereocenters. The van der Waals surface area contributed by atoms with E-state index in [0.29, 0.717) is 0 Å². The number of anilines is 2. The van der Waals surface area contributed by atoms with Crippen LogP contribution in [0.1, 0.15) is 55.8 Å². The molecule has 0 saturated heterocycles. The van der Waals surface area contributed by atoms with Gasteiger partial charge in [0.25, 0.3) is 5.91 Å². The van der Waals surface area contributed by atoms with Crippen LogP contribution in [0.5, 0.6) is 0 Å². The van der Waals surface area contributed by atoms with Crippen LogP contribution in [0.2, 0.25) is 0 Å². The van der Waals surface area contributed by atoms with Crippen LogP contribution in [0.25, 0.3) is 0 Å². The van der Waals surface area contributed by atoms with E-state index in [9.17, 15) is 18.8 Å². The van der Waals surface area contributed by atoms with Crippen LogP contribution in [0.15, 0.2) is 12.1 Å². The van der Waals surface area contributed by atoms with Gasteiger partial charge in [0.1, 0.15) is 5.82 Å². The van der Waals surface area contributed by atoms with Crippen LogP contribution in [-0.2, 0) is 9.59 Å². The molecular formula is C19H27FN4O4. The van der Waals surface area contributed by atoms with Crippen molar-refractivity contribution in [2.45, 2.75) is 57.0 Å². The number of carbonyl (C=O) groups is 3. The van der Waals surface area contributed by atoms with E-state index in [1.807, 2.05) is 0 Å². The van der Waals surface area contributed by atoms with Gasteiger partial charge in [-0.15, -0.1) is 0 Å². The summed E-state index contributed by atoms with van der Waals surface area (Å²) in [5.41, 5.74) is 10.2. The van der Waals surface area contributed by atoms with Crippen molar-refractivity contribution in [3.63, 3.8) is 0 Å². The van der Waals surface area contributed by atoms with Crippen molar-refractivity contribution in [1.82, 2.24) is 5.32 Å². The van der Waals surface area contributed by atoms with E-state index in [1.54, 1.807) is 0 Å². The van der Waals surface area contributed by atoms with Gasteiger partial charge in [0.2, 0.25) is 0 Å². The molecule has 1 amide bonds. The minimum atomic E-state index is -1.62. The van der Waals surface area contributed by atoms with E-state index in [0.717, 1.165) is 31.7 Å². The molecule has 0 aliphatic heterocycles. The Morgan fingerprint density at radius 2 is 1.89 bits per heavy atom. The Morgan fingerprint density at radius 1 is 1.25 bits per heavy atom. The van der Waals surface area contributed by atoms with Gasteiger partial charge in [0, 0.05) is 11.7 Å². The molecule has 7 N–H and O–H groups in total. The number of carboxylic acids is 1. The topological polar surface area (TPSA) is 148 Å².